The Labute approximate surface area is 419 Å². The monoisotopic (exact) mass is 1040 g/mol. The molecule has 1 aliphatic heterocycles. The molecule has 1 aliphatic rings. The molecule has 0 aromatic carbocycles. The topological polar surface area (TPSA) is 286 Å². The molecule has 1 aromatic heterocycles. The van der Waals surface area contributed by atoms with E-state index in [0.717, 1.165) is 55.2 Å². The summed E-state index contributed by atoms with van der Waals surface area (Å²) in [6.45, 7) is 4.16. The van der Waals surface area contributed by atoms with Crippen molar-refractivity contribution >= 4 is 33.4 Å². The van der Waals surface area contributed by atoms with Crippen molar-refractivity contribution in [3.8, 4) is 0 Å². The summed E-state index contributed by atoms with van der Waals surface area (Å²) < 4.78 is 56.6. The van der Waals surface area contributed by atoms with E-state index in [4.69, 9.17) is 29.0 Å². The Morgan fingerprint density at radius 3 is 2.06 bits per heavy atom. The zero-order chi connectivity index (χ0) is 52.3. The highest BCUT2D eigenvalue weighted by Gasteiger charge is 2.46. The highest BCUT2D eigenvalue weighted by molar-refractivity contribution is 7.61. The number of anilines is 1. The average Bonchev–Trinajstić information content (AvgIpc) is 3.59. The minimum atomic E-state index is -5.45. The lowest BCUT2D eigenvalue weighted by molar-refractivity contribution is -0.161. The molecule has 3 unspecified atom stereocenters. The summed E-state index contributed by atoms with van der Waals surface area (Å²) in [6, 6.07) is 1.24. The first-order valence-electron chi connectivity index (χ1n) is 24.9. The standard InChI is InChI=1S/C50H81N3O16P2/c1-4-5-6-7-21-26-31-41(54)32-27-22-17-13-9-11-15-19-24-29-34-46(56)67-42(37-64-45(55)33-28-23-18-14-10-8-12-16-20-25-30-40(2)3)38-65-70(60,61)69-71(62,63)66-39-43-47(57)48(58)49(68-43)53-36-35-44(51)52-50(53)59/h5-6,9,11,17,19,21-22,24,26-27,32,35-36,40-43,47-49,54,57-58H,4,7-8,10,12-16,18,20,23,25,28-31,33-34,37-39H2,1-3H3,(H,60,61)(H,62,63)(H2,51,52,59)/b6-5-,11-9-,22-17-,24-19-,26-21-,32-27+/t41?,42-,43-,47-,48-,49-/m1/s1. The summed E-state index contributed by atoms with van der Waals surface area (Å²) in [5.74, 6) is -0.693. The van der Waals surface area contributed by atoms with Crippen LogP contribution in [0.25, 0.3) is 0 Å². The number of carbonyl (C=O) groups is 2. The third kappa shape index (κ3) is 30.7. The molecule has 0 spiro atoms. The van der Waals surface area contributed by atoms with Crippen LogP contribution in [0.1, 0.15) is 149 Å². The van der Waals surface area contributed by atoms with Crippen molar-refractivity contribution in [2.45, 2.75) is 180 Å². The zero-order valence-corrected chi connectivity index (χ0v) is 43.6. The number of aliphatic hydroxyl groups excluding tert-OH is 3. The van der Waals surface area contributed by atoms with E-state index in [1.807, 2.05) is 48.6 Å². The van der Waals surface area contributed by atoms with E-state index in [1.54, 1.807) is 12.2 Å². The maximum Gasteiger partial charge on any atom is 0.481 e. The minimum absolute atomic E-state index is 0.0985. The van der Waals surface area contributed by atoms with Gasteiger partial charge in [-0.3, -0.25) is 23.2 Å². The molecule has 1 saturated heterocycles. The number of aromatic nitrogens is 2. The third-order valence-electron chi connectivity index (χ3n) is 10.8. The van der Waals surface area contributed by atoms with Gasteiger partial charge in [0.15, 0.2) is 12.3 Å². The van der Waals surface area contributed by atoms with Crippen molar-refractivity contribution in [3.05, 3.63) is 95.7 Å². The summed E-state index contributed by atoms with van der Waals surface area (Å²) in [5, 5.41) is 30.9. The second-order valence-electron chi connectivity index (χ2n) is 17.6. The Morgan fingerprint density at radius 1 is 0.789 bits per heavy atom. The summed E-state index contributed by atoms with van der Waals surface area (Å²) >= 11 is 0. The number of allylic oxidation sites excluding steroid dienone is 10. The molecule has 1 aromatic rings. The zero-order valence-electron chi connectivity index (χ0n) is 41.8. The number of phosphoric acid groups is 2. The molecule has 71 heavy (non-hydrogen) atoms. The Kier molecular flexibility index (Phi) is 33.0. The van der Waals surface area contributed by atoms with Gasteiger partial charge in [0.05, 0.1) is 19.3 Å². The number of carbonyl (C=O) groups excluding carboxylic acids is 2. The Balaban J connectivity index is 1.86. The van der Waals surface area contributed by atoms with Crippen molar-refractivity contribution < 1.29 is 71.4 Å². The minimum Gasteiger partial charge on any atom is -0.462 e. The first kappa shape index (κ1) is 63.3. The molecule has 21 heteroatoms. The number of hydrogen-bond donors (Lipinski definition) is 6. The molecule has 0 bridgehead atoms. The lowest BCUT2D eigenvalue weighted by Gasteiger charge is -2.21. The molecule has 2 rings (SSSR count). The van der Waals surface area contributed by atoms with Crippen LogP contribution < -0.4 is 11.4 Å². The number of phosphoric ester groups is 2. The molecule has 8 atom stereocenters. The van der Waals surface area contributed by atoms with Gasteiger partial charge in [-0.25, -0.2) is 13.9 Å². The van der Waals surface area contributed by atoms with Crippen LogP contribution in [0.5, 0.6) is 0 Å². The van der Waals surface area contributed by atoms with E-state index in [9.17, 15) is 48.6 Å². The second kappa shape index (κ2) is 37.0. The normalized spacial score (nSPS) is 20.3. The first-order valence-corrected chi connectivity index (χ1v) is 27.9. The summed E-state index contributed by atoms with van der Waals surface area (Å²) in [4.78, 5) is 61.8. The van der Waals surface area contributed by atoms with Crippen molar-refractivity contribution in [2.24, 2.45) is 5.92 Å². The summed E-state index contributed by atoms with van der Waals surface area (Å²) in [7, 11) is -10.9. The van der Waals surface area contributed by atoms with Crippen LogP contribution in [-0.4, -0.2) is 96.9 Å². The largest absolute Gasteiger partial charge is 0.481 e. The smallest absolute Gasteiger partial charge is 0.462 e. The number of hydrogen-bond acceptors (Lipinski definition) is 16. The van der Waals surface area contributed by atoms with E-state index in [1.165, 1.54) is 44.6 Å². The van der Waals surface area contributed by atoms with Gasteiger partial charge >= 0.3 is 33.3 Å². The number of rotatable bonds is 39. The van der Waals surface area contributed by atoms with Gasteiger partial charge in [0, 0.05) is 19.0 Å². The highest BCUT2D eigenvalue weighted by atomic mass is 31.3. The van der Waals surface area contributed by atoms with Crippen molar-refractivity contribution in [2.75, 3.05) is 25.6 Å². The van der Waals surface area contributed by atoms with Crippen molar-refractivity contribution in [3.63, 3.8) is 0 Å². The number of ether oxygens (including phenoxy) is 3. The van der Waals surface area contributed by atoms with E-state index in [-0.39, 0.29) is 25.1 Å². The van der Waals surface area contributed by atoms with Gasteiger partial charge in [-0.2, -0.15) is 9.29 Å². The summed E-state index contributed by atoms with van der Waals surface area (Å²) in [5.41, 5.74) is 4.57. The van der Waals surface area contributed by atoms with Crippen molar-refractivity contribution in [1.29, 1.82) is 0 Å². The average molecular weight is 1040 g/mol. The lowest BCUT2D eigenvalue weighted by Crippen LogP contribution is -2.36. The predicted molar refractivity (Wildman–Crippen MR) is 271 cm³/mol. The van der Waals surface area contributed by atoms with Gasteiger partial charge in [0.2, 0.25) is 0 Å². The van der Waals surface area contributed by atoms with E-state index in [0.29, 0.717) is 25.7 Å². The maximum absolute atomic E-state index is 12.8. The van der Waals surface area contributed by atoms with Crippen LogP contribution in [0.4, 0.5) is 5.82 Å². The van der Waals surface area contributed by atoms with Crippen LogP contribution in [-0.2, 0) is 46.3 Å². The van der Waals surface area contributed by atoms with E-state index >= 15 is 0 Å². The molecule has 1 fully saturated rings. The van der Waals surface area contributed by atoms with Crippen molar-refractivity contribution in [1.82, 2.24) is 9.55 Å². The van der Waals surface area contributed by atoms with Crippen LogP contribution in [0, 0.1) is 5.92 Å². The molecule has 0 aliphatic carbocycles. The molecule has 19 nitrogen and oxygen atoms in total. The SMILES string of the molecule is CC/C=C\C/C=C\CC(O)/C=C/C=C\C/C=C\C/C=C\CCC(=O)O[C@H](COC(=O)CCCCCCCCCCCCC(C)C)COP(=O)(O)OP(=O)(O)OC[C@H]1O[C@@H](n2ccc(N)nc2=O)[C@H](O)[C@@H]1O. The van der Waals surface area contributed by atoms with Gasteiger partial charge < -0.3 is 45.1 Å². The number of unbranched alkanes of at least 4 members (excludes halogenated alkanes) is 9. The van der Waals surface area contributed by atoms with Gasteiger partial charge in [-0.05, 0) is 56.9 Å². The van der Waals surface area contributed by atoms with Gasteiger partial charge in [0.1, 0.15) is 30.7 Å². The molecule has 402 valence electrons. The molecule has 0 saturated carbocycles. The van der Waals surface area contributed by atoms with Gasteiger partial charge in [-0.1, -0.05) is 158 Å². The number of aliphatic hydroxyl groups is 3. The fourth-order valence-electron chi connectivity index (χ4n) is 6.96. The fraction of sp³-hybridized carbons (Fsp3) is 0.640. The second-order valence-corrected chi connectivity index (χ2v) is 20.7. The molecular formula is C50H81N3O16P2. The number of nitrogens with two attached hydrogens (primary N) is 1. The molecule has 0 radical (unpaired) electrons. The van der Waals surface area contributed by atoms with Gasteiger partial charge in [0.25, 0.3) is 0 Å². The van der Waals surface area contributed by atoms with E-state index < -0.39 is 89.8 Å². The molecule has 2 heterocycles. The predicted octanol–water partition coefficient (Wildman–Crippen LogP) is 8.94. The lowest BCUT2D eigenvalue weighted by atomic mass is 10.0. The molecule has 0 amide bonds. The van der Waals surface area contributed by atoms with Gasteiger partial charge in [-0.15, -0.1) is 0 Å². The maximum atomic E-state index is 12.8. The first-order chi connectivity index (χ1) is 33.9. The molecule has 7 N–H and O–H groups in total. The summed E-state index contributed by atoms with van der Waals surface area (Å²) in [6.07, 6.45) is 31.9. The Morgan fingerprint density at radius 2 is 1.39 bits per heavy atom. The number of nitrogens with zero attached hydrogens (tertiary/aromatic N) is 2. The van der Waals surface area contributed by atoms with Crippen LogP contribution >= 0.6 is 15.6 Å². The quantitative estimate of drug-likeness (QED) is 0.0118. The Hall–Kier alpha value is -3.84. The van der Waals surface area contributed by atoms with Crippen LogP contribution in [0.3, 0.4) is 0 Å². The van der Waals surface area contributed by atoms with E-state index in [2.05, 4.69) is 42.2 Å². The van der Waals surface area contributed by atoms with Crippen LogP contribution in [0.15, 0.2) is 90.0 Å². The number of esters is 2. The number of nitrogen functional groups attached to an aromatic ring is 1. The molecular weight excluding hydrogens is 961 g/mol. The highest BCUT2D eigenvalue weighted by Crippen LogP contribution is 2.60. The Bertz CT molecular complexity index is 2000. The fourth-order valence-corrected chi connectivity index (χ4v) is 9.07. The third-order valence-corrected chi connectivity index (χ3v) is 13.4. The van der Waals surface area contributed by atoms with Crippen LogP contribution in [0.2, 0.25) is 0 Å².